The average molecular weight is 1320 g/mol. The summed E-state index contributed by atoms with van der Waals surface area (Å²) in [5.74, 6) is 5.46. The molecule has 5 aliphatic heterocycles. The van der Waals surface area contributed by atoms with Crippen LogP contribution in [0.2, 0.25) is 5.15 Å². The number of ether oxygens (including phenoxy) is 6. The number of nitrogens with zero attached hydrogens (tertiary/aromatic N) is 18. The molecule has 0 unspecified atom stereocenters. The van der Waals surface area contributed by atoms with Gasteiger partial charge in [-0.25, -0.2) is 48.9 Å². The molecule has 0 aromatic carbocycles. The number of likely N-dealkylation sites (tertiary alicyclic amines) is 2. The molecule has 11 rings (SSSR count). The van der Waals surface area contributed by atoms with E-state index >= 15 is 0 Å². The summed E-state index contributed by atoms with van der Waals surface area (Å²) in [5.41, 5.74) is 8.62. The molecule has 6 aromatic heterocycles. The predicted octanol–water partition coefficient (Wildman–Crippen LogP) is 9.40. The maximum atomic E-state index is 12.1. The quantitative estimate of drug-likeness (QED) is 0.0598. The summed E-state index contributed by atoms with van der Waals surface area (Å²) in [5, 5.41) is 11.5. The van der Waals surface area contributed by atoms with Crippen LogP contribution in [-0.2, 0) is 9.47 Å². The summed E-state index contributed by atoms with van der Waals surface area (Å²) in [7, 11) is 2.74. The smallest absolute Gasteiger partial charge is 0.410 e. The summed E-state index contributed by atoms with van der Waals surface area (Å²) in [6.07, 6.45) is 10.6. The van der Waals surface area contributed by atoms with Crippen LogP contribution in [-0.4, -0.2) is 224 Å². The number of carbonyl (C=O) groups excluding carboxylic acids is 2. The zero-order valence-corrected chi connectivity index (χ0v) is 57.7. The van der Waals surface area contributed by atoms with Gasteiger partial charge in [0.2, 0.25) is 11.5 Å². The van der Waals surface area contributed by atoms with E-state index in [1.165, 1.54) is 91.3 Å². The number of halogens is 1. The van der Waals surface area contributed by atoms with E-state index in [4.69, 9.17) is 45.8 Å². The van der Waals surface area contributed by atoms with Crippen molar-refractivity contribution in [1.82, 2.24) is 88.1 Å². The van der Waals surface area contributed by atoms with Crippen molar-refractivity contribution < 1.29 is 38.0 Å². The van der Waals surface area contributed by atoms with Gasteiger partial charge in [0.05, 0.1) is 49.2 Å². The lowest BCUT2D eigenvalue weighted by atomic mass is 10.1. The highest BCUT2D eigenvalue weighted by atomic mass is 35.5. The van der Waals surface area contributed by atoms with Crippen LogP contribution in [0.15, 0.2) is 62.2 Å². The van der Waals surface area contributed by atoms with Crippen LogP contribution in [0.4, 0.5) is 26.8 Å². The fourth-order valence-corrected chi connectivity index (χ4v) is 13.9. The van der Waals surface area contributed by atoms with Crippen molar-refractivity contribution in [2.24, 2.45) is 17.8 Å². The molecule has 2 bridgehead atoms. The fraction of sp³-hybridized carbons (Fsp3) is 0.613. The molecule has 0 spiro atoms. The van der Waals surface area contributed by atoms with Gasteiger partial charge in [0.15, 0.2) is 22.6 Å². The molecule has 5 fully saturated rings. The third kappa shape index (κ3) is 21.6. The number of nitrogen functional groups attached to an aromatic ring is 1. The van der Waals surface area contributed by atoms with Gasteiger partial charge in [0.1, 0.15) is 58.5 Å². The number of aryl methyl sites for hydroxylation is 2. The molecule has 30 heteroatoms. The van der Waals surface area contributed by atoms with Crippen molar-refractivity contribution in [3.63, 3.8) is 0 Å². The first-order valence-corrected chi connectivity index (χ1v) is 33.3. The SMILES string of the molecule is CC(C)CN1CCN2CCN(CC(C)C)P1N(CC(C)C)CC2.COc1c(Cl)ncnc1OC1CCN(C(=O)OC(C)C)CC1.COc1c(Nc2ccc(-n3cncn3)nc2C)ncnc1OC1CCN(C(=O)OC(C)C)CC1.Cc1nc(-n2cncn2)ccc1N. The van der Waals surface area contributed by atoms with Crippen molar-refractivity contribution in [2.75, 3.05) is 110 Å². The molecule has 28 nitrogen and oxygen atoms in total. The Labute approximate surface area is 548 Å². The number of methoxy groups -OCH3 is 2. The average Bonchev–Trinajstić information content (AvgIpc) is 1.40. The molecule has 0 atom stereocenters. The number of fused-ring (bicyclic) bond motifs is 6. The van der Waals surface area contributed by atoms with E-state index in [-0.39, 0.29) is 50.1 Å². The lowest BCUT2D eigenvalue weighted by molar-refractivity contribution is 0.0491. The van der Waals surface area contributed by atoms with Gasteiger partial charge in [-0.1, -0.05) is 53.1 Å². The minimum absolute atomic E-state index is 0.0528. The Hall–Kier alpha value is -7.36. The van der Waals surface area contributed by atoms with Gasteiger partial charge in [-0.3, -0.25) is 18.9 Å². The number of nitrogens with one attached hydrogen (secondary N) is 1. The number of amides is 2. The van der Waals surface area contributed by atoms with E-state index in [1.807, 2.05) is 53.7 Å². The topological polar surface area (TPSA) is 286 Å². The molecule has 0 aliphatic carbocycles. The Bertz CT molecular complexity index is 3140. The summed E-state index contributed by atoms with van der Waals surface area (Å²) in [4.78, 5) is 63.1. The standard InChI is InChI=1S/C22H28N8O4.C18H39N4P.C14H20ClN3O4.C8H9N5/c1-14(2)33-22(31)29-9-7-16(8-10-29)34-21-19(32-4)20(24-12-25-21)28-17-5-6-18(27-15(17)3)30-13-23-11-26-30;1-16(2)13-20-10-7-19-8-11-21(14-17(3)4)23(20)22(12-9-19)15-18(5)6;1-9(2)21-14(19)18-6-4-10(5-7-18)22-13-11(20-3)12(15)16-8-17-13;1-6-7(9)2-3-8(12-6)13-5-10-4-11-13/h5-6,11-14,16H,7-10H2,1-4H3,(H,24,25,28);16-18H,7-15H2,1-6H3;8-10H,4-7H2,1-3H3;2-5H,9H2,1H3. The zero-order valence-electron chi connectivity index (χ0n) is 56.1. The minimum atomic E-state index is -0.293. The molecule has 504 valence electrons. The maximum absolute atomic E-state index is 12.1. The molecular formula is C62H96ClN20O8P. The Morgan fingerprint density at radius 2 is 1.01 bits per heavy atom. The fourth-order valence-electron chi connectivity index (χ4n) is 10.4. The van der Waals surface area contributed by atoms with Gasteiger partial charge in [0.25, 0.3) is 11.8 Å². The molecular weight excluding hydrogens is 1220 g/mol. The second-order valence-electron chi connectivity index (χ2n) is 24.5. The van der Waals surface area contributed by atoms with Crippen LogP contribution in [0.5, 0.6) is 23.3 Å². The number of pyridine rings is 2. The van der Waals surface area contributed by atoms with Crippen LogP contribution in [0.1, 0.15) is 106 Å². The number of piperidine rings is 2. The number of anilines is 3. The van der Waals surface area contributed by atoms with Gasteiger partial charge in [-0.05, 0) is 83.6 Å². The summed E-state index contributed by atoms with van der Waals surface area (Å²) in [6.45, 7) is 38.8. The van der Waals surface area contributed by atoms with E-state index < -0.39 is 0 Å². The largest absolute Gasteiger partial charge is 0.489 e. The molecule has 3 N–H and O–H groups in total. The molecule has 0 saturated carbocycles. The normalized spacial score (nSPS) is 17.6. The van der Waals surface area contributed by atoms with Crippen molar-refractivity contribution >= 4 is 49.4 Å². The van der Waals surface area contributed by atoms with Crippen LogP contribution < -0.4 is 30.0 Å². The number of nitrogens with two attached hydrogens (primary N) is 1. The molecule has 92 heavy (non-hydrogen) atoms. The molecule has 11 heterocycles. The second-order valence-corrected chi connectivity index (χ2v) is 27.1. The van der Waals surface area contributed by atoms with Crippen LogP contribution in [0.25, 0.3) is 11.6 Å². The van der Waals surface area contributed by atoms with E-state index in [1.54, 1.807) is 51.1 Å². The van der Waals surface area contributed by atoms with Gasteiger partial charge >= 0.3 is 12.2 Å². The highest BCUT2D eigenvalue weighted by Gasteiger charge is 2.37. The third-order valence-electron chi connectivity index (χ3n) is 14.8. The van der Waals surface area contributed by atoms with Crippen molar-refractivity contribution in [3.05, 3.63) is 78.8 Å². The van der Waals surface area contributed by atoms with Crippen molar-refractivity contribution in [3.8, 4) is 34.9 Å². The van der Waals surface area contributed by atoms with Crippen LogP contribution in [0, 0.1) is 31.6 Å². The van der Waals surface area contributed by atoms with E-state index in [0.717, 1.165) is 40.6 Å². The van der Waals surface area contributed by atoms with Gasteiger partial charge in [-0.15, -0.1) is 0 Å². The van der Waals surface area contributed by atoms with Crippen LogP contribution in [0.3, 0.4) is 0 Å². The molecule has 5 saturated heterocycles. The van der Waals surface area contributed by atoms with E-state index in [0.29, 0.717) is 92.4 Å². The molecule has 5 aliphatic rings. The summed E-state index contributed by atoms with van der Waals surface area (Å²) in [6, 6.07) is 7.32. The van der Waals surface area contributed by atoms with E-state index in [9.17, 15) is 9.59 Å². The highest BCUT2D eigenvalue weighted by Crippen LogP contribution is 2.50. The molecule has 2 amide bonds. The number of carbonyl (C=O) groups is 2. The first-order valence-electron chi connectivity index (χ1n) is 31.7. The zero-order chi connectivity index (χ0) is 66.4. The van der Waals surface area contributed by atoms with Crippen LogP contribution >= 0.6 is 20.0 Å². The Morgan fingerprint density at radius 1 is 0.576 bits per heavy atom. The maximum Gasteiger partial charge on any atom is 0.410 e. The summed E-state index contributed by atoms with van der Waals surface area (Å²) >= 11 is 5.93. The second kappa shape index (κ2) is 35.6. The number of rotatable bonds is 18. The Morgan fingerprint density at radius 3 is 1.41 bits per heavy atom. The van der Waals surface area contributed by atoms with Gasteiger partial charge in [-0.2, -0.15) is 20.2 Å². The summed E-state index contributed by atoms with van der Waals surface area (Å²) < 4.78 is 44.8. The van der Waals surface area contributed by atoms with Gasteiger partial charge < -0.3 is 49.3 Å². The van der Waals surface area contributed by atoms with Crippen molar-refractivity contribution in [2.45, 2.75) is 133 Å². The molecule has 6 aromatic rings. The third-order valence-corrected chi connectivity index (χ3v) is 17.7. The number of hydrogen-bond donors (Lipinski definition) is 2. The van der Waals surface area contributed by atoms with E-state index in [2.05, 4.69) is 116 Å². The van der Waals surface area contributed by atoms with Gasteiger partial charge in [0, 0.05) is 111 Å². The van der Waals surface area contributed by atoms with Crippen molar-refractivity contribution in [1.29, 1.82) is 0 Å². The minimum Gasteiger partial charge on any atom is -0.489 e. The first kappa shape index (κ1) is 72.1. The Balaban J connectivity index is 0.000000183. The number of hydrogen-bond acceptors (Lipinski definition) is 24. The number of aromatic nitrogens is 12. The lowest BCUT2D eigenvalue weighted by Gasteiger charge is -2.51. The monoisotopic (exact) mass is 1310 g/mol. The predicted molar refractivity (Wildman–Crippen MR) is 354 cm³/mol. The lowest BCUT2D eigenvalue weighted by Crippen LogP contribution is -2.53. The Kier molecular flexibility index (Phi) is 27.9. The molecule has 0 radical (unpaired) electrons. The first-order chi connectivity index (χ1) is 44.1. The highest BCUT2D eigenvalue weighted by molar-refractivity contribution is 7.50.